The van der Waals surface area contributed by atoms with Crippen LogP contribution in [0, 0.1) is 21.4 Å². The van der Waals surface area contributed by atoms with Crippen LogP contribution in [0.1, 0.15) is 26.3 Å². The van der Waals surface area contributed by atoms with Crippen LogP contribution in [0.4, 0.5) is 5.69 Å². The third-order valence-electron chi connectivity index (χ3n) is 1.99. The summed E-state index contributed by atoms with van der Waals surface area (Å²) in [6.45, 7) is 0. The summed E-state index contributed by atoms with van der Waals surface area (Å²) in [5, 5.41) is 19.5. The fourth-order valence-electron chi connectivity index (χ4n) is 1.25. The van der Waals surface area contributed by atoms with E-state index in [1.165, 1.54) is 0 Å². The van der Waals surface area contributed by atoms with Crippen molar-refractivity contribution in [3.05, 3.63) is 38.9 Å². The summed E-state index contributed by atoms with van der Waals surface area (Å²) in [7, 11) is 1.07. The third-order valence-corrected chi connectivity index (χ3v) is 1.99. The van der Waals surface area contributed by atoms with Crippen molar-refractivity contribution < 1.29 is 19.2 Å². The molecule has 1 aromatic rings. The lowest BCUT2D eigenvalue weighted by Crippen LogP contribution is -2.07. The molecule has 0 radical (unpaired) electrons. The Morgan fingerprint density at radius 2 is 2.24 bits per heavy atom. The van der Waals surface area contributed by atoms with Crippen LogP contribution in [0.2, 0.25) is 0 Å². The van der Waals surface area contributed by atoms with Gasteiger partial charge in [0.25, 0.3) is 5.69 Å². The molecule has 0 spiro atoms. The van der Waals surface area contributed by atoms with Gasteiger partial charge in [0, 0.05) is 11.6 Å². The maximum absolute atomic E-state index is 11.3. The van der Waals surface area contributed by atoms with Crippen LogP contribution >= 0.6 is 0 Å². The summed E-state index contributed by atoms with van der Waals surface area (Å²) in [4.78, 5) is 31.8. The second kappa shape index (κ2) is 4.85. The van der Waals surface area contributed by atoms with Crippen molar-refractivity contribution in [3.63, 3.8) is 0 Å². The lowest BCUT2D eigenvalue weighted by atomic mass is 10.0. The monoisotopic (exact) mass is 234 g/mol. The Labute approximate surface area is 95.4 Å². The molecule has 0 heterocycles. The van der Waals surface area contributed by atoms with Crippen molar-refractivity contribution >= 4 is 17.9 Å². The van der Waals surface area contributed by atoms with Crippen LogP contribution in [0.3, 0.4) is 0 Å². The molecule has 0 aliphatic rings. The average Bonchev–Trinajstić information content (AvgIpc) is 2.35. The molecule has 1 aromatic carbocycles. The van der Waals surface area contributed by atoms with E-state index >= 15 is 0 Å². The van der Waals surface area contributed by atoms with Crippen LogP contribution in [0.5, 0.6) is 0 Å². The topological polar surface area (TPSA) is 110 Å². The van der Waals surface area contributed by atoms with E-state index in [9.17, 15) is 19.7 Å². The highest BCUT2D eigenvalue weighted by Crippen LogP contribution is 2.24. The van der Waals surface area contributed by atoms with Gasteiger partial charge < -0.3 is 4.74 Å². The molecule has 0 saturated carbocycles. The zero-order chi connectivity index (χ0) is 13.0. The summed E-state index contributed by atoms with van der Waals surface area (Å²) in [5.74, 6) is -0.909. The molecule has 0 aliphatic carbocycles. The van der Waals surface area contributed by atoms with Gasteiger partial charge in [-0.2, -0.15) is 5.26 Å². The number of nitriles is 1. The van der Waals surface area contributed by atoms with Gasteiger partial charge in [0.05, 0.1) is 17.6 Å². The zero-order valence-corrected chi connectivity index (χ0v) is 8.67. The van der Waals surface area contributed by atoms with Crippen molar-refractivity contribution in [2.75, 3.05) is 7.11 Å². The molecule has 0 atom stereocenters. The Morgan fingerprint density at radius 3 is 2.65 bits per heavy atom. The number of carbonyl (C=O) groups excluding carboxylic acids is 2. The zero-order valence-electron chi connectivity index (χ0n) is 8.67. The molecular formula is C10H6N2O5. The maximum Gasteiger partial charge on any atom is 0.339 e. The summed E-state index contributed by atoms with van der Waals surface area (Å²) in [6, 6.07) is 3.56. The fraction of sp³-hybridized carbons (Fsp3) is 0.100. The van der Waals surface area contributed by atoms with Gasteiger partial charge in [0.1, 0.15) is 17.9 Å². The Balaban J connectivity index is 3.63. The molecule has 0 unspecified atom stereocenters. The molecule has 0 aromatic heterocycles. The molecule has 0 fully saturated rings. The highest BCUT2D eigenvalue weighted by atomic mass is 16.6. The van der Waals surface area contributed by atoms with Gasteiger partial charge in [-0.25, -0.2) is 4.79 Å². The summed E-state index contributed by atoms with van der Waals surface area (Å²) in [5.41, 5.74) is -1.40. The molecule has 0 aliphatic heterocycles. The maximum atomic E-state index is 11.3. The number of methoxy groups -OCH3 is 1. The van der Waals surface area contributed by atoms with Gasteiger partial charge in [-0.1, -0.05) is 0 Å². The number of esters is 1. The molecule has 0 amide bonds. The Hall–Kier alpha value is -2.75. The quantitative estimate of drug-likeness (QED) is 0.334. The number of rotatable bonds is 3. The van der Waals surface area contributed by atoms with Crippen LogP contribution in [-0.2, 0) is 4.74 Å². The Bertz CT molecular complexity index is 544. The molecule has 0 bridgehead atoms. The van der Waals surface area contributed by atoms with Crippen LogP contribution in [0.25, 0.3) is 0 Å². The van der Waals surface area contributed by atoms with Gasteiger partial charge in [0.15, 0.2) is 0 Å². The number of nitrogens with zero attached hydrogens (tertiary/aromatic N) is 2. The number of nitro groups is 1. The van der Waals surface area contributed by atoms with Crippen molar-refractivity contribution in [2.24, 2.45) is 0 Å². The highest BCUT2D eigenvalue weighted by Gasteiger charge is 2.23. The lowest BCUT2D eigenvalue weighted by Gasteiger charge is -2.03. The Morgan fingerprint density at radius 1 is 1.59 bits per heavy atom. The number of carbonyl (C=O) groups is 2. The van der Waals surface area contributed by atoms with Gasteiger partial charge in [-0.3, -0.25) is 14.9 Å². The second-order valence-corrected chi connectivity index (χ2v) is 2.94. The molecule has 0 N–H and O–H groups in total. The minimum absolute atomic E-state index is 0.0731. The first kappa shape index (κ1) is 12.3. The standard InChI is InChI=1S/C10H6N2O5/c1-17-10(14)7-2-6(5-13)3-9(12(15)16)8(7)4-11/h2-3,5H,1H3. The van der Waals surface area contributed by atoms with E-state index in [-0.39, 0.29) is 11.1 Å². The number of benzene rings is 1. The van der Waals surface area contributed by atoms with E-state index in [1.807, 2.05) is 0 Å². The predicted octanol–water partition coefficient (Wildman–Crippen LogP) is 1.07. The minimum Gasteiger partial charge on any atom is -0.465 e. The van der Waals surface area contributed by atoms with Gasteiger partial charge in [-0.05, 0) is 6.07 Å². The number of aldehydes is 1. The summed E-state index contributed by atoms with van der Waals surface area (Å²) >= 11 is 0. The van der Waals surface area contributed by atoms with Crippen molar-refractivity contribution in [2.45, 2.75) is 0 Å². The van der Waals surface area contributed by atoms with E-state index in [1.54, 1.807) is 6.07 Å². The summed E-state index contributed by atoms with van der Waals surface area (Å²) < 4.78 is 4.38. The van der Waals surface area contributed by atoms with Crippen molar-refractivity contribution in [3.8, 4) is 6.07 Å². The van der Waals surface area contributed by atoms with Gasteiger partial charge in [-0.15, -0.1) is 0 Å². The smallest absolute Gasteiger partial charge is 0.339 e. The van der Waals surface area contributed by atoms with E-state index in [2.05, 4.69) is 4.74 Å². The van der Waals surface area contributed by atoms with E-state index in [0.29, 0.717) is 6.29 Å². The molecule has 0 saturated heterocycles. The third kappa shape index (κ3) is 2.26. The fourth-order valence-corrected chi connectivity index (χ4v) is 1.25. The van der Waals surface area contributed by atoms with Crippen molar-refractivity contribution in [1.29, 1.82) is 5.26 Å². The molecular weight excluding hydrogens is 228 g/mol. The summed E-state index contributed by atoms with van der Waals surface area (Å²) in [6.07, 6.45) is 0.348. The largest absolute Gasteiger partial charge is 0.465 e. The number of nitro benzene ring substituents is 1. The van der Waals surface area contributed by atoms with Gasteiger partial charge in [0.2, 0.25) is 0 Å². The average molecular weight is 234 g/mol. The number of ether oxygens (including phenoxy) is 1. The van der Waals surface area contributed by atoms with Gasteiger partial charge >= 0.3 is 5.97 Å². The normalized spacial score (nSPS) is 9.18. The van der Waals surface area contributed by atoms with E-state index < -0.39 is 22.1 Å². The molecule has 7 heteroatoms. The van der Waals surface area contributed by atoms with E-state index in [4.69, 9.17) is 5.26 Å². The number of hydrogen-bond donors (Lipinski definition) is 0. The molecule has 86 valence electrons. The van der Waals surface area contributed by atoms with Crippen LogP contribution in [0.15, 0.2) is 12.1 Å². The predicted molar refractivity (Wildman–Crippen MR) is 54.5 cm³/mol. The highest BCUT2D eigenvalue weighted by molar-refractivity contribution is 5.96. The second-order valence-electron chi connectivity index (χ2n) is 2.94. The first-order valence-corrected chi connectivity index (χ1v) is 4.31. The van der Waals surface area contributed by atoms with Crippen LogP contribution < -0.4 is 0 Å². The number of hydrogen-bond acceptors (Lipinski definition) is 6. The first-order chi connectivity index (χ1) is 8.04. The van der Waals surface area contributed by atoms with E-state index in [0.717, 1.165) is 19.2 Å². The first-order valence-electron chi connectivity index (χ1n) is 4.31. The molecule has 7 nitrogen and oxygen atoms in total. The van der Waals surface area contributed by atoms with Crippen molar-refractivity contribution in [1.82, 2.24) is 0 Å². The SMILES string of the molecule is COC(=O)c1cc(C=O)cc([N+](=O)[O-])c1C#N. The molecule has 1 rings (SSSR count). The lowest BCUT2D eigenvalue weighted by molar-refractivity contribution is -0.385. The molecule has 17 heavy (non-hydrogen) atoms. The van der Waals surface area contributed by atoms with Crippen LogP contribution in [-0.4, -0.2) is 24.3 Å². The Kier molecular flexibility index (Phi) is 3.51. The minimum atomic E-state index is -0.909.